The molecule has 0 amide bonds. The van der Waals surface area contributed by atoms with E-state index in [2.05, 4.69) is 19.2 Å². The van der Waals surface area contributed by atoms with Crippen LogP contribution in [0.2, 0.25) is 0 Å². The smallest absolute Gasteiger partial charge is 0.117 e. The second-order valence-corrected chi connectivity index (χ2v) is 5.18. The highest BCUT2D eigenvalue weighted by Gasteiger charge is 2.28. The van der Waals surface area contributed by atoms with Crippen molar-refractivity contribution in [3.8, 4) is 0 Å². The van der Waals surface area contributed by atoms with Crippen molar-refractivity contribution >= 4 is 0 Å². The second kappa shape index (κ2) is 5.02. The molecule has 1 aromatic heterocycles. The van der Waals surface area contributed by atoms with Crippen LogP contribution < -0.4 is 5.32 Å². The average Bonchev–Trinajstić information content (AvgIpc) is 2.69. The van der Waals surface area contributed by atoms with E-state index in [1.165, 1.54) is 0 Å². The van der Waals surface area contributed by atoms with Crippen molar-refractivity contribution in [3.63, 3.8) is 0 Å². The lowest BCUT2D eigenvalue weighted by molar-refractivity contribution is -0.0718. The van der Waals surface area contributed by atoms with E-state index in [1.807, 2.05) is 12.1 Å². The highest BCUT2D eigenvalue weighted by atomic mass is 16.5. The van der Waals surface area contributed by atoms with Crippen LogP contribution in [0.4, 0.5) is 0 Å². The zero-order valence-corrected chi connectivity index (χ0v) is 10.2. The summed E-state index contributed by atoms with van der Waals surface area (Å²) in [5.41, 5.74) is 0.0509. The fourth-order valence-electron chi connectivity index (χ4n) is 2.34. The van der Waals surface area contributed by atoms with Crippen molar-refractivity contribution in [1.29, 1.82) is 0 Å². The first kappa shape index (κ1) is 11.7. The summed E-state index contributed by atoms with van der Waals surface area (Å²) < 4.78 is 11.0. The zero-order valence-electron chi connectivity index (χ0n) is 10.2. The van der Waals surface area contributed by atoms with E-state index in [0.29, 0.717) is 0 Å². The molecule has 0 bridgehead atoms. The third-order valence-corrected chi connectivity index (χ3v) is 3.11. The van der Waals surface area contributed by atoms with Crippen LogP contribution in [0.25, 0.3) is 0 Å². The van der Waals surface area contributed by atoms with Gasteiger partial charge in [0.25, 0.3) is 0 Å². The van der Waals surface area contributed by atoms with E-state index in [1.54, 1.807) is 6.26 Å². The fraction of sp³-hybridized carbons (Fsp3) is 0.692. The van der Waals surface area contributed by atoms with E-state index in [0.717, 1.165) is 44.2 Å². The quantitative estimate of drug-likeness (QED) is 0.852. The Morgan fingerprint density at radius 3 is 3.06 bits per heavy atom. The maximum Gasteiger partial charge on any atom is 0.117 e. The Hall–Kier alpha value is -0.800. The molecule has 0 unspecified atom stereocenters. The second-order valence-electron chi connectivity index (χ2n) is 5.18. The molecule has 1 aliphatic rings. The maximum absolute atomic E-state index is 5.70. The van der Waals surface area contributed by atoms with E-state index < -0.39 is 0 Å². The van der Waals surface area contributed by atoms with E-state index in [9.17, 15) is 0 Å². The summed E-state index contributed by atoms with van der Waals surface area (Å²) in [7, 11) is 0. The monoisotopic (exact) mass is 223 g/mol. The summed E-state index contributed by atoms with van der Waals surface area (Å²) in [5, 5.41) is 3.45. The van der Waals surface area contributed by atoms with Gasteiger partial charge in [0.05, 0.1) is 18.4 Å². The first-order chi connectivity index (χ1) is 7.66. The lowest BCUT2D eigenvalue weighted by Crippen LogP contribution is -2.37. The molecule has 16 heavy (non-hydrogen) atoms. The minimum atomic E-state index is 0.0509. The van der Waals surface area contributed by atoms with Gasteiger partial charge in [-0.15, -0.1) is 0 Å². The van der Waals surface area contributed by atoms with E-state index in [-0.39, 0.29) is 5.60 Å². The highest BCUT2D eigenvalue weighted by Crippen LogP contribution is 2.27. The predicted molar refractivity (Wildman–Crippen MR) is 63.2 cm³/mol. The molecule has 1 N–H and O–H groups in total. The Labute approximate surface area is 97.2 Å². The van der Waals surface area contributed by atoms with Gasteiger partial charge >= 0.3 is 0 Å². The molecule has 0 radical (unpaired) electrons. The molecule has 2 heterocycles. The maximum atomic E-state index is 5.70. The molecule has 1 atom stereocenters. The number of nitrogens with one attached hydrogen (secondary N) is 1. The Bertz CT molecular complexity index is 306. The van der Waals surface area contributed by atoms with Crippen molar-refractivity contribution in [2.45, 2.75) is 38.8 Å². The molecule has 1 fully saturated rings. The summed E-state index contributed by atoms with van der Waals surface area (Å²) in [6, 6.07) is 3.93. The molecule has 3 nitrogen and oxygen atoms in total. The van der Waals surface area contributed by atoms with E-state index >= 15 is 0 Å². The molecular weight excluding hydrogens is 202 g/mol. The molecule has 1 saturated heterocycles. The van der Waals surface area contributed by atoms with Crippen LogP contribution in [0.3, 0.4) is 0 Å². The average molecular weight is 223 g/mol. The Morgan fingerprint density at radius 2 is 2.38 bits per heavy atom. The Morgan fingerprint density at radius 1 is 1.50 bits per heavy atom. The van der Waals surface area contributed by atoms with Gasteiger partial charge in [-0.25, -0.2) is 0 Å². The zero-order chi connectivity index (χ0) is 11.4. The van der Waals surface area contributed by atoms with Crippen LogP contribution in [0.1, 0.15) is 32.4 Å². The van der Waals surface area contributed by atoms with Gasteiger partial charge in [-0.3, -0.25) is 0 Å². The van der Waals surface area contributed by atoms with Gasteiger partial charge < -0.3 is 14.5 Å². The Kier molecular flexibility index (Phi) is 3.66. The summed E-state index contributed by atoms with van der Waals surface area (Å²) in [5.74, 6) is 1.73. The molecule has 1 aliphatic heterocycles. The van der Waals surface area contributed by atoms with Crippen LogP contribution >= 0.6 is 0 Å². The minimum absolute atomic E-state index is 0.0509. The third kappa shape index (κ3) is 3.35. The van der Waals surface area contributed by atoms with Crippen molar-refractivity contribution in [1.82, 2.24) is 5.32 Å². The fourth-order valence-corrected chi connectivity index (χ4v) is 2.34. The first-order valence-corrected chi connectivity index (χ1v) is 6.03. The SMILES string of the molecule is CC1(C)C[C@@H](CNCc2ccco2)CCO1. The molecule has 90 valence electrons. The van der Waals surface area contributed by atoms with Gasteiger partial charge in [-0.05, 0) is 51.3 Å². The molecule has 1 aromatic rings. The number of rotatable bonds is 4. The molecule has 0 aliphatic carbocycles. The van der Waals surface area contributed by atoms with Gasteiger partial charge in [-0.2, -0.15) is 0 Å². The molecule has 2 rings (SSSR count). The van der Waals surface area contributed by atoms with Gasteiger partial charge in [-0.1, -0.05) is 0 Å². The van der Waals surface area contributed by atoms with Crippen molar-refractivity contribution in [3.05, 3.63) is 24.2 Å². The summed E-state index contributed by atoms with van der Waals surface area (Å²) in [6.45, 7) is 7.11. The molecule has 0 saturated carbocycles. The van der Waals surface area contributed by atoms with Crippen LogP contribution in [-0.2, 0) is 11.3 Å². The van der Waals surface area contributed by atoms with E-state index in [4.69, 9.17) is 9.15 Å². The van der Waals surface area contributed by atoms with Crippen LogP contribution in [0.15, 0.2) is 22.8 Å². The van der Waals surface area contributed by atoms with Crippen LogP contribution in [0.5, 0.6) is 0 Å². The highest BCUT2D eigenvalue weighted by molar-refractivity contribution is 4.97. The summed E-state index contributed by atoms with van der Waals surface area (Å²) in [4.78, 5) is 0. The molecular formula is C13H21NO2. The molecule has 3 heteroatoms. The Balaban J connectivity index is 1.70. The van der Waals surface area contributed by atoms with Gasteiger partial charge in [0.1, 0.15) is 5.76 Å². The first-order valence-electron chi connectivity index (χ1n) is 6.03. The third-order valence-electron chi connectivity index (χ3n) is 3.11. The molecule has 0 spiro atoms. The normalized spacial score (nSPS) is 24.5. The van der Waals surface area contributed by atoms with Crippen molar-refractivity contribution < 1.29 is 9.15 Å². The number of ether oxygens (including phenoxy) is 1. The molecule has 0 aromatic carbocycles. The van der Waals surface area contributed by atoms with Crippen LogP contribution in [0, 0.1) is 5.92 Å². The topological polar surface area (TPSA) is 34.4 Å². The lowest BCUT2D eigenvalue weighted by atomic mass is 9.88. The minimum Gasteiger partial charge on any atom is -0.468 e. The van der Waals surface area contributed by atoms with Gasteiger partial charge in [0.15, 0.2) is 0 Å². The lowest BCUT2D eigenvalue weighted by Gasteiger charge is -2.35. The summed E-state index contributed by atoms with van der Waals surface area (Å²) in [6.07, 6.45) is 4.02. The standard InChI is InChI=1S/C13H21NO2/c1-13(2)8-11(5-7-16-13)9-14-10-12-4-3-6-15-12/h3-4,6,11,14H,5,7-10H2,1-2H3/t11-/m0/s1. The van der Waals surface area contributed by atoms with Gasteiger partial charge in [0.2, 0.25) is 0 Å². The summed E-state index contributed by atoms with van der Waals surface area (Å²) >= 11 is 0. The van der Waals surface area contributed by atoms with Gasteiger partial charge in [0, 0.05) is 6.61 Å². The number of hydrogen-bond donors (Lipinski definition) is 1. The number of hydrogen-bond acceptors (Lipinski definition) is 3. The van der Waals surface area contributed by atoms with Crippen molar-refractivity contribution in [2.24, 2.45) is 5.92 Å². The number of furan rings is 1. The van der Waals surface area contributed by atoms with Crippen LogP contribution in [-0.4, -0.2) is 18.8 Å². The van der Waals surface area contributed by atoms with Crippen molar-refractivity contribution in [2.75, 3.05) is 13.2 Å². The predicted octanol–water partition coefficient (Wildman–Crippen LogP) is 2.57. The largest absolute Gasteiger partial charge is 0.468 e.